The minimum absolute atomic E-state index is 0. The predicted octanol–water partition coefficient (Wildman–Crippen LogP) is 0.310. The summed E-state index contributed by atoms with van der Waals surface area (Å²) in [5.74, 6) is -0.668. The van der Waals surface area contributed by atoms with Crippen LogP contribution in [-0.2, 0) is 37.8 Å². The Kier molecular flexibility index (Phi) is 13.6. The fraction of sp³-hybridized carbons (Fsp3) is 0.522. The van der Waals surface area contributed by atoms with Crippen LogP contribution < -0.4 is 5.32 Å². The second kappa shape index (κ2) is 15.3. The fourth-order valence-corrected chi connectivity index (χ4v) is 3.10. The smallest absolute Gasteiger partial charge is 0.394 e. The predicted molar refractivity (Wildman–Crippen MR) is 114 cm³/mol. The molecule has 8 nitrogen and oxygen atoms in total. The number of carbonyl (C=O) groups excluding carboxylic acids is 1. The monoisotopic (exact) mass is 491 g/mol. The maximum Gasteiger partial charge on any atom is 2.00 e. The zero-order chi connectivity index (χ0) is 22.6. The Morgan fingerprint density at radius 1 is 1.16 bits per heavy atom. The van der Waals surface area contributed by atoms with Gasteiger partial charge in [-0.3, -0.25) is 4.79 Å². The summed E-state index contributed by atoms with van der Waals surface area (Å²) in [5, 5.41) is 41.3. The molecule has 1 aliphatic heterocycles. The van der Waals surface area contributed by atoms with Crippen LogP contribution >= 0.6 is 0 Å². The third kappa shape index (κ3) is 9.13. The largest absolute Gasteiger partial charge is 2.00 e. The Morgan fingerprint density at radius 3 is 2.44 bits per heavy atom. The zero-order valence-electron chi connectivity index (χ0n) is 18.1. The van der Waals surface area contributed by atoms with Gasteiger partial charge in [0, 0.05) is 6.54 Å². The number of rotatable bonds is 9. The van der Waals surface area contributed by atoms with Crippen molar-refractivity contribution in [1.82, 2.24) is 5.32 Å². The Bertz CT molecular complexity index is 691. The van der Waals surface area contributed by atoms with Gasteiger partial charge in [0.25, 0.3) is 0 Å². The Balaban J connectivity index is 0.000000750. The summed E-state index contributed by atoms with van der Waals surface area (Å²) in [6, 6.07) is 18.0. The number of aliphatic hydroxyl groups excluding tert-OH is 4. The van der Waals surface area contributed by atoms with Crippen molar-refractivity contribution in [2.75, 3.05) is 19.8 Å². The van der Waals surface area contributed by atoms with Crippen molar-refractivity contribution in [3.8, 4) is 0 Å². The molecule has 0 radical (unpaired) electrons. The molecule has 0 spiro atoms. The van der Waals surface area contributed by atoms with Gasteiger partial charge < -0.3 is 35.2 Å². The molecule has 0 aliphatic carbocycles. The molecule has 1 amide bonds. The number of amides is 1. The van der Waals surface area contributed by atoms with Crippen LogP contribution in [0.15, 0.2) is 54.6 Å². The van der Waals surface area contributed by atoms with Gasteiger partial charge in [0.2, 0.25) is 5.91 Å². The standard InChI is InChI=1S/C18H28NO7.C5H5.Fe/c1-11(17(24)19-8-4-7-12-5-2-3-6-12)10-25-18-16(23)15(22)14(21)13(9-20)26-18;1-2-4-5-3-1;/h2-3,5-6,11,13-16,18,20-23H,4,7-10H2,1H3,(H,19,24);1-5H;/q2*-1;+2/t11-,13-,14-,15+,16+,18+;;/m1../s1. The molecule has 0 bridgehead atoms. The van der Waals surface area contributed by atoms with Crippen LogP contribution in [0.4, 0.5) is 0 Å². The summed E-state index contributed by atoms with van der Waals surface area (Å²) in [4.78, 5) is 12.1. The third-order valence-electron chi connectivity index (χ3n) is 5.04. The summed E-state index contributed by atoms with van der Waals surface area (Å²) in [5.41, 5.74) is 1.23. The molecule has 6 atom stereocenters. The first-order valence-corrected chi connectivity index (χ1v) is 10.5. The number of hydrogen-bond donors (Lipinski definition) is 5. The quantitative estimate of drug-likeness (QED) is 0.194. The summed E-state index contributed by atoms with van der Waals surface area (Å²) in [7, 11) is 0. The molecule has 0 saturated carbocycles. The minimum Gasteiger partial charge on any atom is -0.394 e. The van der Waals surface area contributed by atoms with Gasteiger partial charge in [0.15, 0.2) is 6.29 Å². The maximum absolute atomic E-state index is 12.1. The zero-order valence-corrected chi connectivity index (χ0v) is 19.2. The third-order valence-corrected chi connectivity index (χ3v) is 5.04. The van der Waals surface area contributed by atoms with Crippen molar-refractivity contribution in [3.05, 3.63) is 60.2 Å². The molecule has 9 heteroatoms. The van der Waals surface area contributed by atoms with Crippen LogP contribution in [0.1, 0.15) is 18.9 Å². The first-order valence-electron chi connectivity index (χ1n) is 10.5. The number of aliphatic hydroxyl groups is 4. The first kappa shape index (κ1) is 28.5. The maximum atomic E-state index is 12.1. The van der Waals surface area contributed by atoms with E-state index in [1.54, 1.807) is 6.92 Å². The van der Waals surface area contributed by atoms with Crippen LogP contribution in [-0.4, -0.2) is 76.8 Å². The Labute approximate surface area is 199 Å². The van der Waals surface area contributed by atoms with E-state index in [0.717, 1.165) is 12.8 Å². The van der Waals surface area contributed by atoms with E-state index in [4.69, 9.17) is 14.6 Å². The van der Waals surface area contributed by atoms with Crippen molar-refractivity contribution in [2.24, 2.45) is 5.92 Å². The number of nitrogens with one attached hydrogen (secondary N) is 1. The van der Waals surface area contributed by atoms with E-state index in [2.05, 4.69) is 5.32 Å². The molecule has 1 saturated heterocycles. The van der Waals surface area contributed by atoms with Crippen molar-refractivity contribution < 1.29 is 51.8 Å². The average molecular weight is 491 g/mol. The van der Waals surface area contributed by atoms with E-state index < -0.39 is 43.2 Å². The van der Waals surface area contributed by atoms with Gasteiger partial charge in [-0.1, -0.05) is 6.92 Å². The van der Waals surface area contributed by atoms with Gasteiger partial charge in [-0.05, 0) is 12.8 Å². The average Bonchev–Trinajstić information content (AvgIpc) is 3.51. The van der Waals surface area contributed by atoms with Crippen LogP contribution in [0.5, 0.6) is 0 Å². The van der Waals surface area contributed by atoms with Gasteiger partial charge in [-0.15, -0.1) is 0 Å². The van der Waals surface area contributed by atoms with Crippen LogP contribution in [0, 0.1) is 5.92 Å². The summed E-state index contributed by atoms with van der Waals surface area (Å²) >= 11 is 0. The molecule has 1 aliphatic rings. The van der Waals surface area contributed by atoms with E-state index in [1.807, 2.05) is 54.6 Å². The second-order valence-electron chi connectivity index (χ2n) is 7.58. The molecule has 0 aromatic heterocycles. The van der Waals surface area contributed by atoms with Gasteiger partial charge in [-0.2, -0.15) is 35.9 Å². The fourth-order valence-electron chi connectivity index (χ4n) is 3.10. The van der Waals surface area contributed by atoms with Gasteiger partial charge >= 0.3 is 17.1 Å². The molecule has 180 valence electrons. The molecule has 1 fully saturated rings. The van der Waals surface area contributed by atoms with Crippen molar-refractivity contribution in [3.63, 3.8) is 0 Å². The Hall–Kier alpha value is -1.55. The number of aryl methyl sites for hydroxylation is 1. The van der Waals surface area contributed by atoms with E-state index in [1.165, 1.54) is 5.56 Å². The SMILES string of the molecule is C[C@H](CO[C@H]1O[C@H](CO)[C@@H](O)[C@H](O)[C@@H]1O)C(=O)NCCCc1ccc[cH-]1.[Fe+2].c1cc[cH-]c1. The summed E-state index contributed by atoms with van der Waals surface area (Å²) < 4.78 is 10.6. The van der Waals surface area contributed by atoms with Crippen molar-refractivity contribution in [1.29, 1.82) is 0 Å². The van der Waals surface area contributed by atoms with Crippen LogP contribution in [0.2, 0.25) is 0 Å². The molecule has 2 aromatic carbocycles. The summed E-state index contributed by atoms with van der Waals surface area (Å²) in [6.07, 6.45) is -4.92. The first-order chi connectivity index (χ1) is 14.9. The van der Waals surface area contributed by atoms with Gasteiger partial charge in [0.1, 0.15) is 24.4 Å². The molecule has 2 aromatic rings. The molecule has 3 rings (SSSR count). The number of hydrogen-bond acceptors (Lipinski definition) is 7. The van der Waals surface area contributed by atoms with Gasteiger partial charge in [-0.25, -0.2) is 24.3 Å². The van der Waals surface area contributed by atoms with Crippen molar-refractivity contribution >= 4 is 5.91 Å². The Morgan fingerprint density at radius 2 is 1.88 bits per heavy atom. The van der Waals surface area contributed by atoms with Crippen LogP contribution in [0.3, 0.4) is 0 Å². The number of ether oxygens (including phenoxy) is 2. The molecule has 5 N–H and O–H groups in total. The molecule has 32 heavy (non-hydrogen) atoms. The van der Waals surface area contributed by atoms with E-state index in [0.29, 0.717) is 6.54 Å². The van der Waals surface area contributed by atoms with Crippen LogP contribution in [0.25, 0.3) is 0 Å². The van der Waals surface area contributed by atoms with Crippen molar-refractivity contribution in [2.45, 2.75) is 50.5 Å². The van der Waals surface area contributed by atoms with E-state index >= 15 is 0 Å². The molecular weight excluding hydrogens is 458 g/mol. The topological polar surface area (TPSA) is 128 Å². The molecule has 0 unspecified atom stereocenters. The second-order valence-corrected chi connectivity index (χ2v) is 7.58. The molecular formula is C23H33FeNO7. The normalized spacial score (nSPS) is 25.7. The summed E-state index contributed by atoms with van der Waals surface area (Å²) in [6.45, 7) is 1.67. The van der Waals surface area contributed by atoms with Gasteiger partial charge in [0.05, 0.1) is 19.1 Å². The number of carbonyl (C=O) groups is 1. The molecule has 1 heterocycles. The minimum atomic E-state index is -1.49. The van der Waals surface area contributed by atoms with E-state index in [-0.39, 0.29) is 29.6 Å². The van der Waals surface area contributed by atoms with E-state index in [9.17, 15) is 20.1 Å².